The summed E-state index contributed by atoms with van der Waals surface area (Å²) >= 11 is 5.78. The Morgan fingerprint density at radius 3 is 2.88 bits per heavy atom. The molecule has 1 aliphatic heterocycles. The van der Waals surface area contributed by atoms with Crippen LogP contribution < -0.4 is 10.1 Å². The Morgan fingerprint density at radius 1 is 1.33 bits per heavy atom. The van der Waals surface area contributed by atoms with Gasteiger partial charge in [-0.2, -0.15) is 0 Å². The highest BCUT2D eigenvalue weighted by Crippen LogP contribution is 2.31. The first-order valence-electron chi connectivity index (χ1n) is 7.71. The number of amides is 1. The third-order valence-corrected chi connectivity index (χ3v) is 4.40. The van der Waals surface area contributed by atoms with Gasteiger partial charge in [-0.05, 0) is 24.3 Å². The third-order valence-electron chi connectivity index (χ3n) is 4.16. The van der Waals surface area contributed by atoms with Gasteiger partial charge in [-0.15, -0.1) is 0 Å². The highest BCUT2D eigenvalue weighted by Gasteiger charge is 2.31. The van der Waals surface area contributed by atoms with Crippen molar-refractivity contribution in [3.63, 3.8) is 0 Å². The molecule has 1 saturated heterocycles. The first-order valence-corrected chi connectivity index (χ1v) is 8.09. The minimum absolute atomic E-state index is 0.0289. The average Bonchev–Trinajstić information content (AvgIpc) is 2.61. The van der Waals surface area contributed by atoms with Crippen LogP contribution >= 0.6 is 11.6 Å². The molecule has 0 aliphatic carbocycles. The zero-order valence-electron chi connectivity index (χ0n) is 13.3. The smallest absolute Gasteiger partial charge is 0.257 e. The van der Waals surface area contributed by atoms with Crippen molar-refractivity contribution in [3.05, 3.63) is 64.4 Å². The lowest BCUT2D eigenvalue weighted by molar-refractivity contribution is 0.0627. The second-order valence-electron chi connectivity index (χ2n) is 5.58. The minimum Gasteiger partial charge on any atom is -0.496 e. The van der Waals surface area contributed by atoms with Gasteiger partial charge in [0.1, 0.15) is 11.6 Å². The molecule has 1 aliphatic rings. The number of hydrogen-bond donors (Lipinski definition) is 1. The predicted octanol–water partition coefficient (Wildman–Crippen LogP) is 3.27. The van der Waals surface area contributed by atoms with Crippen molar-refractivity contribution < 1.29 is 13.9 Å². The number of carbonyl (C=O) groups excluding carboxylic acids is 1. The van der Waals surface area contributed by atoms with Gasteiger partial charge < -0.3 is 15.0 Å². The molecule has 126 valence electrons. The third kappa shape index (κ3) is 3.23. The van der Waals surface area contributed by atoms with E-state index < -0.39 is 5.82 Å². The number of methoxy groups -OCH3 is 1. The number of ether oxygens (including phenoxy) is 1. The van der Waals surface area contributed by atoms with Gasteiger partial charge >= 0.3 is 0 Å². The van der Waals surface area contributed by atoms with Gasteiger partial charge in [0.2, 0.25) is 0 Å². The minimum atomic E-state index is -0.607. The summed E-state index contributed by atoms with van der Waals surface area (Å²) in [7, 11) is 1.60. The van der Waals surface area contributed by atoms with E-state index in [0.29, 0.717) is 25.4 Å². The Balaban J connectivity index is 1.96. The quantitative estimate of drug-likeness (QED) is 0.925. The van der Waals surface area contributed by atoms with E-state index in [4.69, 9.17) is 16.3 Å². The van der Waals surface area contributed by atoms with Crippen molar-refractivity contribution in [1.29, 1.82) is 0 Å². The highest BCUT2D eigenvalue weighted by molar-refractivity contribution is 6.30. The van der Waals surface area contributed by atoms with E-state index in [1.54, 1.807) is 12.0 Å². The van der Waals surface area contributed by atoms with Crippen molar-refractivity contribution >= 4 is 17.5 Å². The van der Waals surface area contributed by atoms with Gasteiger partial charge in [-0.3, -0.25) is 4.79 Å². The van der Waals surface area contributed by atoms with Crippen LogP contribution in [0.5, 0.6) is 5.75 Å². The lowest BCUT2D eigenvalue weighted by atomic mass is 10.0. The van der Waals surface area contributed by atoms with Crippen LogP contribution in [0.25, 0.3) is 0 Å². The Kier molecular flexibility index (Phi) is 5.02. The molecule has 24 heavy (non-hydrogen) atoms. The summed E-state index contributed by atoms with van der Waals surface area (Å²) in [6.07, 6.45) is 0. The maximum atomic E-state index is 14.2. The van der Waals surface area contributed by atoms with E-state index in [0.717, 1.165) is 11.6 Å². The lowest BCUT2D eigenvalue weighted by Crippen LogP contribution is -2.49. The number of hydrogen-bond acceptors (Lipinski definition) is 3. The molecule has 1 heterocycles. The van der Waals surface area contributed by atoms with Gasteiger partial charge in [0.25, 0.3) is 5.91 Å². The van der Waals surface area contributed by atoms with E-state index in [1.807, 2.05) is 24.3 Å². The molecule has 1 atom stereocenters. The zero-order valence-corrected chi connectivity index (χ0v) is 14.0. The van der Waals surface area contributed by atoms with Crippen LogP contribution in [-0.4, -0.2) is 37.6 Å². The van der Waals surface area contributed by atoms with Crippen molar-refractivity contribution in [2.75, 3.05) is 26.7 Å². The van der Waals surface area contributed by atoms with Crippen LogP contribution in [0.1, 0.15) is 22.0 Å². The number of benzene rings is 2. The van der Waals surface area contributed by atoms with Gasteiger partial charge in [0.15, 0.2) is 0 Å². The molecule has 0 saturated carbocycles. The molecule has 0 radical (unpaired) electrons. The molecule has 0 aromatic heterocycles. The van der Waals surface area contributed by atoms with E-state index in [2.05, 4.69) is 5.32 Å². The van der Waals surface area contributed by atoms with Crippen molar-refractivity contribution in [2.45, 2.75) is 6.04 Å². The highest BCUT2D eigenvalue weighted by atomic mass is 35.5. The summed E-state index contributed by atoms with van der Waals surface area (Å²) in [5, 5.41) is 3.55. The molecule has 1 amide bonds. The molecular formula is C18H18ClFN2O2. The lowest BCUT2D eigenvalue weighted by Gasteiger charge is -2.37. The van der Waals surface area contributed by atoms with E-state index in [1.165, 1.54) is 12.1 Å². The standard InChI is InChI=1S/C18H18ClFN2O2/c1-24-17-5-3-2-4-14(17)16-11-21-8-9-22(16)18(23)13-7-6-12(19)10-15(13)20/h2-7,10,16,21H,8-9,11H2,1H3. The number of carbonyl (C=O) groups is 1. The Hall–Kier alpha value is -2.11. The van der Waals surface area contributed by atoms with E-state index in [-0.39, 0.29) is 22.5 Å². The summed E-state index contributed by atoms with van der Waals surface area (Å²) in [4.78, 5) is 14.6. The molecule has 3 rings (SSSR count). The summed E-state index contributed by atoms with van der Waals surface area (Å²) < 4.78 is 19.6. The Labute approximate surface area is 145 Å². The summed E-state index contributed by atoms with van der Waals surface area (Å²) in [6.45, 7) is 1.73. The zero-order chi connectivity index (χ0) is 17.1. The largest absolute Gasteiger partial charge is 0.496 e. The SMILES string of the molecule is COc1ccccc1C1CNCCN1C(=O)c1ccc(Cl)cc1F. The van der Waals surface area contributed by atoms with Crippen molar-refractivity contribution in [1.82, 2.24) is 10.2 Å². The van der Waals surface area contributed by atoms with Crippen LogP contribution in [0, 0.1) is 5.82 Å². The van der Waals surface area contributed by atoms with Gasteiger partial charge in [0.05, 0.1) is 18.7 Å². The van der Waals surface area contributed by atoms with E-state index >= 15 is 0 Å². The molecule has 6 heteroatoms. The maximum absolute atomic E-state index is 14.2. The number of rotatable bonds is 3. The normalized spacial score (nSPS) is 17.6. The number of nitrogens with one attached hydrogen (secondary N) is 1. The monoisotopic (exact) mass is 348 g/mol. The van der Waals surface area contributed by atoms with Crippen molar-refractivity contribution in [3.8, 4) is 5.75 Å². The summed E-state index contributed by atoms with van der Waals surface area (Å²) in [5.74, 6) is -0.244. The fraction of sp³-hybridized carbons (Fsp3) is 0.278. The summed E-state index contributed by atoms with van der Waals surface area (Å²) in [6, 6.07) is 11.5. The predicted molar refractivity (Wildman–Crippen MR) is 91.1 cm³/mol. The second kappa shape index (κ2) is 7.20. The van der Waals surface area contributed by atoms with Crippen LogP contribution in [0.3, 0.4) is 0 Å². The Morgan fingerprint density at radius 2 is 2.12 bits per heavy atom. The molecule has 2 aromatic rings. The molecule has 1 unspecified atom stereocenters. The first-order chi connectivity index (χ1) is 11.6. The molecule has 1 fully saturated rings. The van der Waals surface area contributed by atoms with Gasteiger partial charge in [-0.25, -0.2) is 4.39 Å². The maximum Gasteiger partial charge on any atom is 0.257 e. The van der Waals surface area contributed by atoms with Gasteiger partial charge in [0, 0.05) is 30.2 Å². The van der Waals surface area contributed by atoms with Crippen LogP contribution in [0.4, 0.5) is 4.39 Å². The number of piperazine rings is 1. The fourth-order valence-electron chi connectivity index (χ4n) is 2.98. The first kappa shape index (κ1) is 16.7. The number of halogens is 2. The number of nitrogens with zero attached hydrogens (tertiary/aromatic N) is 1. The molecular weight excluding hydrogens is 331 g/mol. The molecule has 1 N–H and O–H groups in total. The fourth-order valence-corrected chi connectivity index (χ4v) is 3.14. The van der Waals surface area contributed by atoms with Crippen LogP contribution in [0.2, 0.25) is 5.02 Å². The number of para-hydroxylation sites is 1. The average molecular weight is 349 g/mol. The molecule has 2 aromatic carbocycles. The van der Waals surface area contributed by atoms with Crippen LogP contribution in [-0.2, 0) is 0 Å². The molecule has 0 bridgehead atoms. The molecule has 4 nitrogen and oxygen atoms in total. The Bertz CT molecular complexity index is 754. The topological polar surface area (TPSA) is 41.6 Å². The van der Waals surface area contributed by atoms with Crippen LogP contribution in [0.15, 0.2) is 42.5 Å². The van der Waals surface area contributed by atoms with Gasteiger partial charge in [-0.1, -0.05) is 29.8 Å². The van der Waals surface area contributed by atoms with E-state index in [9.17, 15) is 9.18 Å². The summed E-state index contributed by atoms with van der Waals surface area (Å²) in [5.41, 5.74) is 0.927. The molecule has 0 spiro atoms. The van der Waals surface area contributed by atoms with Crippen molar-refractivity contribution in [2.24, 2.45) is 0 Å². The second-order valence-corrected chi connectivity index (χ2v) is 6.02.